The van der Waals surface area contributed by atoms with Crippen molar-refractivity contribution in [3.05, 3.63) is 59.4 Å². The Kier molecular flexibility index (Phi) is 5.82. The monoisotopic (exact) mass is 359 g/mol. The number of hydrogen-bond donors (Lipinski definition) is 0. The number of rotatable bonds is 7. The summed E-state index contributed by atoms with van der Waals surface area (Å²) in [7, 11) is 4.23. The molecule has 0 spiro atoms. The van der Waals surface area contributed by atoms with Crippen molar-refractivity contribution in [2.24, 2.45) is 0 Å². The van der Waals surface area contributed by atoms with Crippen LogP contribution in [0.15, 0.2) is 53.4 Å². The summed E-state index contributed by atoms with van der Waals surface area (Å²) in [5, 5.41) is 0.773. The minimum Gasteiger partial charge on any atom is -0.327 e. The molecule has 0 aliphatic rings. The zero-order valence-electron chi connectivity index (χ0n) is 14.1. The van der Waals surface area contributed by atoms with Crippen molar-refractivity contribution in [2.45, 2.75) is 23.6 Å². The summed E-state index contributed by atoms with van der Waals surface area (Å²) in [5.74, 6) is 1.99. The number of aromatic nitrogens is 2. The Bertz CT molecular complexity index is 796. The van der Waals surface area contributed by atoms with Gasteiger partial charge in [-0.3, -0.25) is 0 Å². The van der Waals surface area contributed by atoms with E-state index in [9.17, 15) is 0 Å². The smallest absolute Gasteiger partial charge is 0.120 e. The quantitative estimate of drug-likeness (QED) is 0.558. The molecule has 1 heterocycles. The number of aryl methyl sites for hydroxylation is 1. The molecule has 1 aromatic heterocycles. The summed E-state index contributed by atoms with van der Waals surface area (Å²) in [6.45, 7) is 2.07. The van der Waals surface area contributed by atoms with E-state index in [0.29, 0.717) is 0 Å². The second kappa shape index (κ2) is 8.06. The Balaban J connectivity index is 1.78. The molecule has 0 bridgehead atoms. The van der Waals surface area contributed by atoms with Gasteiger partial charge in [0.15, 0.2) is 0 Å². The lowest BCUT2D eigenvalue weighted by molar-refractivity contribution is 0.386. The molecule has 0 radical (unpaired) electrons. The molecule has 0 aliphatic carbocycles. The van der Waals surface area contributed by atoms with E-state index in [4.69, 9.17) is 16.6 Å². The number of para-hydroxylation sites is 2. The molecule has 3 rings (SSSR count). The highest BCUT2D eigenvalue weighted by Crippen LogP contribution is 2.26. The van der Waals surface area contributed by atoms with Crippen molar-refractivity contribution in [3.63, 3.8) is 0 Å². The van der Waals surface area contributed by atoms with Gasteiger partial charge in [0, 0.05) is 16.5 Å². The molecule has 0 aliphatic heterocycles. The molecule has 126 valence electrons. The molecule has 0 amide bonds. The zero-order valence-corrected chi connectivity index (χ0v) is 15.6. The first-order chi connectivity index (χ1) is 11.6. The van der Waals surface area contributed by atoms with Gasteiger partial charge < -0.3 is 9.47 Å². The Morgan fingerprint density at radius 1 is 1.08 bits per heavy atom. The number of halogens is 1. The molecule has 0 saturated carbocycles. The highest BCUT2D eigenvalue weighted by molar-refractivity contribution is 7.98. The molecule has 2 aromatic carbocycles. The third kappa shape index (κ3) is 4.32. The maximum Gasteiger partial charge on any atom is 0.120 e. The van der Waals surface area contributed by atoms with Crippen LogP contribution in [0.1, 0.15) is 12.2 Å². The summed E-state index contributed by atoms with van der Waals surface area (Å²) in [6, 6.07) is 16.4. The van der Waals surface area contributed by atoms with Crippen LogP contribution in [0.3, 0.4) is 0 Å². The number of fused-ring (bicyclic) bond motifs is 1. The van der Waals surface area contributed by atoms with Gasteiger partial charge in [0.05, 0.1) is 16.8 Å². The maximum absolute atomic E-state index is 5.96. The van der Waals surface area contributed by atoms with E-state index in [0.717, 1.165) is 41.6 Å². The molecule has 5 heteroatoms. The average molecular weight is 360 g/mol. The van der Waals surface area contributed by atoms with E-state index in [1.165, 1.54) is 10.4 Å². The predicted octanol–water partition coefficient (Wildman–Crippen LogP) is 4.93. The first-order valence-electron chi connectivity index (χ1n) is 8.11. The normalized spacial score (nSPS) is 11.5. The van der Waals surface area contributed by atoms with Crippen LogP contribution in [0, 0.1) is 0 Å². The van der Waals surface area contributed by atoms with E-state index in [1.54, 1.807) is 11.8 Å². The minimum absolute atomic E-state index is 0.773. The molecule has 3 aromatic rings. The second-order valence-corrected chi connectivity index (χ2v) is 7.55. The van der Waals surface area contributed by atoms with Crippen LogP contribution in [0.5, 0.6) is 0 Å². The number of thioether (sulfide) groups is 1. The molecule has 0 fully saturated rings. The number of hydrogen-bond acceptors (Lipinski definition) is 3. The largest absolute Gasteiger partial charge is 0.327 e. The molecular formula is C19H22ClN3S. The first-order valence-corrected chi connectivity index (χ1v) is 9.47. The molecule has 0 unspecified atom stereocenters. The van der Waals surface area contributed by atoms with Crippen LogP contribution in [0.4, 0.5) is 0 Å². The Morgan fingerprint density at radius 2 is 1.83 bits per heavy atom. The van der Waals surface area contributed by atoms with Crippen molar-refractivity contribution in [1.29, 1.82) is 0 Å². The molecule has 0 saturated heterocycles. The lowest BCUT2D eigenvalue weighted by Crippen LogP contribution is -2.15. The summed E-state index contributed by atoms with van der Waals surface area (Å²) in [4.78, 5) is 8.28. The van der Waals surface area contributed by atoms with E-state index in [1.807, 2.05) is 12.1 Å². The van der Waals surface area contributed by atoms with Gasteiger partial charge in [0.1, 0.15) is 5.82 Å². The van der Waals surface area contributed by atoms with Crippen molar-refractivity contribution >= 4 is 34.4 Å². The zero-order chi connectivity index (χ0) is 16.9. The predicted molar refractivity (Wildman–Crippen MR) is 104 cm³/mol. The fourth-order valence-electron chi connectivity index (χ4n) is 2.71. The second-order valence-electron chi connectivity index (χ2n) is 6.07. The minimum atomic E-state index is 0.773. The van der Waals surface area contributed by atoms with Gasteiger partial charge in [-0.15, -0.1) is 11.8 Å². The number of benzene rings is 2. The fourth-order valence-corrected chi connectivity index (χ4v) is 3.68. The molecule has 0 atom stereocenters. The van der Waals surface area contributed by atoms with Crippen molar-refractivity contribution in [3.8, 4) is 0 Å². The van der Waals surface area contributed by atoms with Crippen molar-refractivity contribution < 1.29 is 0 Å². The van der Waals surface area contributed by atoms with E-state index in [2.05, 4.69) is 60.0 Å². The van der Waals surface area contributed by atoms with Gasteiger partial charge in [-0.25, -0.2) is 4.98 Å². The van der Waals surface area contributed by atoms with Crippen molar-refractivity contribution in [2.75, 3.05) is 20.6 Å². The van der Waals surface area contributed by atoms with Gasteiger partial charge in [0.2, 0.25) is 0 Å². The summed E-state index contributed by atoms with van der Waals surface area (Å²) in [5.41, 5.74) is 2.30. The van der Waals surface area contributed by atoms with Crippen LogP contribution >= 0.6 is 23.4 Å². The van der Waals surface area contributed by atoms with Crippen LogP contribution in [-0.2, 0) is 12.3 Å². The molecule has 0 N–H and O–H groups in total. The highest BCUT2D eigenvalue weighted by Gasteiger charge is 2.10. The van der Waals surface area contributed by atoms with Gasteiger partial charge in [-0.05, 0) is 63.5 Å². The topological polar surface area (TPSA) is 21.1 Å². The number of nitrogens with zero attached hydrogens (tertiary/aromatic N) is 3. The van der Waals surface area contributed by atoms with Crippen LogP contribution < -0.4 is 0 Å². The lowest BCUT2D eigenvalue weighted by atomic mass is 10.3. The van der Waals surface area contributed by atoms with E-state index >= 15 is 0 Å². The summed E-state index contributed by atoms with van der Waals surface area (Å²) < 4.78 is 2.36. The van der Waals surface area contributed by atoms with Crippen molar-refractivity contribution in [1.82, 2.24) is 14.5 Å². The maximum atomic E-state index is 5.96. The van der Waals surface area contributed by atoms with Crippen LogP contribution in [0.25, 0.3) is 11.0 Å². The molecule has 3 nitrogen and oxygen atoms in total. The Labute approximate surface area is 152 Å². The van der Waals surface area contributed by atoms with Crippen LogP contribution in [0.2, 0.25) is 5.02 Å². The molecular weight excluding hydrogens is 338 g/mol. The fraction of sp³-hybridized carbons (Fsp3) is 0.316. The SMILES string of the molecule is CN(C)CCCn1c(CSc2ccc(Cl)cc2)nc2ccccc21. The van der Waals surface area contributed by atoms with Gasteiger partial charge in [-0.2, -0.15) is 0 Å². The Morgan fingerprint density at radius 3 is 2.58 bits per heavy atom. The lowest BCUT2D eigenvalue weighted by Gasteiger charge is -2.12. The molecule has 24 heavy (non-hydrogen) atoms. The first kappa shape index (κ1) is 17.3. The highest BCUT2D eigenvalue weighted by atomic mass is 35.5. The number of imidazole rings is 1. The van der Waals surface area contributed by atoms with E-state index < -0.39 is 0 Å². The van der Waals surface area contributed by atoms with E-state index in [-0.39, 0.29) is 0 Å². The van der Waals surface area contributed by atoms with Gasteiger partial charge in [-0.1, -0.05) is 23.7 Å². The van der Waals surface area contributed by atoms with Gasteiger partial charge in [0.25, 0.3) is 0 Å². The Hall–Kier alpha value is -1.49. The third-order valence-electron chi connectivity index (χ3n) is 3.90. The standard InChI is InChI=1S/C19H22ClN3S/c1-22(2)12-5-13-23-18-7-4-3-6-17(18)21-19(23)14-24-16-10-8-15(20)9-11-16/h3-4,6-11H,5,12-14H2,1-2H3. The summed E-state index contributed by atoms with van der Waals surface area (Å²) >= 11 is 7.76. The summed E-state index contributed by atoms with van der Waals surface area (Å²) in [6.07, 6.45) is 1.12. The average Bonchev–Trinajstić information content (AvgIpc) is 2.92. The van der Waals surface area contributed by atoms with Crippen LogP contribution in [-0.4, -0.2) is 35.1 Å². The van der Waals surface area contributed by atoms with Gasteiger partial charge >= 0.3 is 0 Å². The third-order valence-corrected chi connectivity index (χ3v) is 5.16.